The third-order valence-electron chi connectivity index (χ3n) is 2.36. The van der Waals surface area contributed by atoms with Gasteiger partial charge in [-0.1, -0.05) is 0 Å². The van der Waals surface area contributed by atoms with Gasteiger partial charge in [0, 0.05) is 20.0 Å². The van der Waals surface area contributed by atoms with E-state index in [0.29, 0.717) is 25.1 Å². The second kappa shape index (κ2) is 5.21. The summed E-state index contributed by atoms with van der Waals surface area (Å²) < 4.78 is 27.8. The van der Waals surface area contributed by atoms with Crippen molar-refractivity contribution in [2.75, 3.05) is 12.3 Å². The van der Waals surface area contributed by atoms with Crippen LogP contribution in [0.3, 0.4) is 0 Å². The Balaban J connectivity index is 2.87. The minimum absolute atomic E-state index is 0.00875. The topological polar surface area (TPSA) is 90.0 Å². The first-order valence-corrected chi connectivity index (χ1v) is 6.60. The molecule has 0 atom stereocenters. The summed E-state index contributed by atoms with van der Waals surface area (Å²) in [6, 6.07) is 0. The molecule has 0 aromatic carbocycles. The standard InChI is InChI=1S/C10H16N4O2S/c1-4-5-6-7-12-17(15,16)9-8(2)14(3)13-10(9)11/h1,12H,5-7H2,2-3H3,(H2,11,13). The Kier molecular flexibility index (Phi) is 4.15. The number of nitrogens with two attached hydrogens (primary N) is 1. The van der Waals surface area contributed by atoms with Crippen molar-refractivity contribution in [2.45, 2.75) is 24.7 Å². The lowest BCUT2D eigenvalue weighted by Crippen LogP contribution is -2.25. The summed E-state index contributed by atoms with van der Waals surface area (Å²) >= 11 is 0. The summed E-state index contributed by atoms with van der Waals surface area (Å²) in [5.41, 5.74) is 6.08. The number of hydrogen-bond acceptors (Lipinski definition) is 4. The van der Waals surface area contributed by atoms with E-state index < -0.39 is 10.0 Å². The van der Waals surface area contributed by atoms with Gasteiger partial charge in [-0.2, -0.15) is 5.10 Å². The number of nitrogens with zero attached hydrogens (tertiary/aromatic N) is 2. The van der Waals surface area contributed by atoms with Gasteiger partial charge in [0.05, 0.1) is 5.69 Å². The molecule has 0 aliphatic rings. The van der Waals surface area contributed by atoms with Crippen molar-refractivity contribution in [3.8, 4) is 12.3 Å². The predicted molar refractivity (Wildman–Crippen MR) is 65.6 cm³/mol. The van der Waals surface area contributed by atoms with Crippen LogP contribution in [0.4, 0.5) is 5.82 Å². The monoisotopic (exact) mass is 256 g/mol. The van der Waals surface area contributed by atoms with Crippen LogP contribution in [-0.2, 0) is 17.1 Å². The van der Waals surface area contributed by atoms with Gasteiger partial charge in [0.25, 0.3) is 0 Å². The Labute approximate surface area is 101 Å². The average molecular weight is 256 g/mol. The molecule has 0 bridgehead atoms. The molecule has 1 aromatic heterocycles. The molecule has 0 radical (unpaired) electrons. The van der Waals surface area contributed by atoms with E-state index in [0.717, 1.165) is 0 Å². The Bertz CT molecular complexity index is 539. The van der Waals surface area contributed by atoms with Crippen molar-refractivity contribution in [3.63, 3.8) is 0 Å². The molecule has 0 saturated carbocycles. The van der Waals surface area contributed by atoms with Gasteiger partial charge in [0.15, 0.2) is 5.82 Å². The van der Waals surface area contributed by atoms with E-state index in [1.54, 1.807) is 14.0 Å². The zero-order chi connectivity index (χ0) is 13.1. The molecule has 17 heavy (non-hydrogen) atoms. The van der Waals surface area contributed by atoms with E-state index in [9.17, 15) is 8.42 Å². The van der Waals surface area contributed by atoms with E-state index in [1.165, 1.54) is 4.68 Å². The van der Waals surface area contributed by atoms with Crippen LogP contribution in [0.25, 0.3) is 0 Å². The van der Waals surface area contributed by atoms with Crippen molar-refractivity contribution >= 4 is 15.8 Å². The average Bonchev–Trinajstić information content (AvgIpc) is 2.48. The molecule has 0 fully saturated rings. The number of hydrogen-bond donors (Lipinski definition) is 2. The Morgan fingerprint density at radius 3 is 2.71 bits per heavy atom. The van der Waals surface area contributed by atoms with Crippen LogP contribution in [-0.4, -0.2) is 24.7 Å². The predicted octanol–water partition coefficient (Wildman–Crippen LogP) is 0.00242. The molecule has 0 amide bonds. The third-order valence-corrected chi connectivity index (χ3v) is 3.99. The smallest absolute Gasteiger partial charge is 0.246 e. The molecule has 0 aliphatic carbocycles. The molecular weight excluding hydrogens is 240 g/mol. The maximum atomic E-state index is 12.0. The second-order valence-corrected chi connectivity index (χ2v) is 5.33. The maximum Gasteiger partial charge on any atom is 0.246 e. The number of nitrogen functional groups attached to an aromatic ring is 1. The molecule has 6 nitrogen and oxygen atoms in total. The lowest BCUT2D eigenvalue weighted by Gasteiger charge is -2.05. The molecule has 1 aromatic rings. The van der Waals surface area contributed by atoms with Crippen LogP contribution < -0.4 is 10.5 Å². The van der Waals surface area contributed by atoms with Gasteiger partial charge < -0.3 is 5.73 Å². The summed E-state index contributed by atoms with van der Waals surface area (Å²) in [4.78, 5) is 0.0423. The Morgan fingerprint density at radius 2 is 2.24 bits per heavy atom. The third kappa shape index (κ3) is 2.99. The van der Waals surface area contributed by atoms with Gasteiger partial charge in [-0.15, -0.1) is 12.3 Å². The molecule has 1 rings (SSSR count). The zero-order valence-electron chi connectivity index (χ0n) is 9.90. The minimum Gasteiger partial charge on any atom is -0.381 e. The molecular formula is C10H16N4O2S. The fourth-order valence-corrected chi connectivity index (χ4v) is 2.81. The number of aromatic nitrogens is 2. The lowest BCUT2D eigenvalue weighted by atomic mass is 10.3. The van der Waals surface area contributed by atoms with Crippen molar-refractivity contribution in [2.24, 2.45) is 7.05 Å². The first kappa shape index (κ1) is 13.5. The highest BCUT2D eigenvalue weighted by Gasteiger charge is 2.23. The SMILES string of the molecule is C#CCCCNS(=O)(=O)c1c(N)nn(C)c1C. The normalized spacial score (nSPS) is 11.4. The molecule has 0 unspecified atom stereocenters. The highest BCUT2D eigenvalue weighted by molar-refractivity contribution is 7.89. The quantitative estimate of drug-likeness (QED) is 0.573. The highest BCUT2D eigenvalue weighted by atomic mass is 32.2. The van der Waals surface area contributed by atoms with E-state index in [4.69, 9.17) is 12.2 Å². The highest BCUT2D eigenvalue weighted by Crippen LogP contribution is 2.20. The maximum absolute atomic E-state index is 12.0. The number of anilines is 1. The van der Waals surface area contributed by atoms with Crippen LogP contribution in [0.15, 0.2) is 4.90 Å². The van der Waals surface area contributed by atoms with Crippen molar-refractivity contribution in [1.29, 1.82) is 0 Å². The van der Waals surface area contributed by atoms with E-state index in [1.807, 2.05) is 0 Å². The van der Waals surface area contributed by atoms with E-state index in [-0.39, 0.29) is 10.7 Å². The largest absolute Gasteiger partial charge is 0.381 e. The van der Waals surface area contributed by atoms with Crippen LogP contribution >= 0.6 is 0 Å². The molecule has 7 heteroatoms. The second-order valence-electron chi connectivity index (χ2n) is 3.63. The van der Waals surface area contributed by atoms with Gasteiger partial charge in [0.2, 0.25) is 10.0 Å². The molecule has 0 spiro atoms. The zero-order valence-corrected chi connectivity index (χ0v) is 10.7. The summed E-state index contributed by atoms with van der Waals surface area (Å²) in [5.74, 6) is 2.45. The lowest BCUT2D eigenvalue weighted by molar-refractivity contribution is 0.579. The van der Waals surface area contributed by atoms with Crippen LogP contribution in [0.1, 0.15) is 18.5 Å². The van der Waals surface area contributed by atoms with Crippen molar-refractivity contribution < 1.29 is 8.42 Å². The molecule has 0 aliphatic heterocycles. The summed E-state index contributed by atoms with van der Waals surface area (Å²) in [7, 11) is -1.97. The van der Waals surface area contributed by atoms with Gasteiger partial charge in [-0.05, 0) is 13.3 Å². The number of nitrogens with one attached hydrogen (secondary N) is 1. The van der Waals surface area contributed by atoms with Gasteiger partial charge >= 0.3 is 0 Å². The van der Waals surface area contributed by atoms with Crippen LogP contribution in [0, 0.1) is 19.3 Å². The summed E-state index contributed by atoms with van der Waals surface area (Å²) in [6.07, 6.45) is 6.20. The van der Waals surface area contributed by atoms with E-state index >= 15 is 0 Å². The summed E-state index contributed by atoms with van der Waals surface area (Å²) in [5, 5.41) is 3.86. The van der Waals surface area contributed by atoms with Gasteiger partial charge in [-0.3, -0.25) is 4.68 Å². The molecule has 94 valence electrons. The van der Waals surface area contributed by atoms with Crippen LogP contribution in [0.5, 0.6) is 0 Å². The fourth-order valence-electron chi connectivity index (χ4n) is 1.42. The van der Waals surface area contributed by atoms with Crippen molar-refractivity contribution in [1.82, 2.24) is 14.5 Å². The minimum atomic E-state index is -3.61. The fraction of sp³-hybridized carbons (Fsp3) is 0.500. The number of unbranched alkanes of at least 4 members (excludes halogenated alkanes) is 1. The Morgan fingerprint density at radius 1 is 1.59 bits per heavy atom. The van der Waals surface area contributed by atoms with Gasteiger partial charge in [0.1, 0.15) is 4.90 Å². The number of rotatable bonds is 5. The van der Waals surface area contributed by atoms with Crippen molar-refractivity contribution in [3.05, 3.63) is 5.69 Å². The first-order valence-electron chi connectivity index (χ1n) is 5.12. The van der Waals surface area contributed by atoms with E-state index in [2.05, 4.69) is 15.7 Å². The Hall–Kier alpha value is -1.52. The molecule has 0 saturated heterocycles. The molecule has 3 N–H and O–H groups in total. The number of sulfonamides is 1. The molecule has 1 heterocycles. The number of aryl methyl sites for hydroxylation is 1. The first-order chi connectivity index (χ1) is 7.90. The van der Waals surface area contributed by atoms with Gasteiger partial charge in [-0.25, -0.2) is 13.1 Å². The van der Waals surface area contributed by atoms with Crippen LogP contribution in [0.2, 0.25) is 0 Å². The summed E-state index contributed by atoms with van der Waals surface area (Å²) in [6.45, 7) is 1.94. The number of terminal acetylenes is 1.